The zero-order valence-corrected chi connectivity index (χ0v) is 20.8. The normalized spacial score (nSPS) is 11.7. The third kappa shape index (κ3) is 32.4. The van der Waals surface area contributed by atoms with Crippen molar-refractivity contribution >= 4 is 5.97 Å². The van der Waals surface area contributed by atoms with Gasteiger partial charge in [0, 0.05) is 6.42 Å². The molecule has 0 fully saturated rings. The Bertz CT molecular complexity index is 301. The van der Waals surface area contributed by atoms with Crippen LogP contribution in [0.1, 0.15) is 163 Å². The van der Waals surface area contributed by atoms with Crippen molar-refractivity contribution in [2.24, 2.45) is 5.92 Å². The van der Waals surface area contributed by atoms with Gasteiger partial charge in [-0.3, -0.25) is 4.79 Å². The number of carboxylic acid groups (broad SMARTS) is 1. The summed E-state index contributed by atoms with van der Waals surface area (Å²) in [6.07, 6.45) is 27.2. The minimum atomic E-state index is -0.653. The molecule has 0 spiro atoms. The van der Waals surface area contributed by atoms with Crippen molar-refractivity contribution in [1.29, 1.82) is 0 Å². The molecule has 1 N–H and O–H groups in total. The molecular weight excluding hydrogens is 356 g/mol. The third-order valence-electron chi connectivity index (χ3n) is 5.99. The Kier molecular flexibility index (Phi) is 29.0. The fourth-order valence-corrected chi connectivity index (χ4v) is 3.59. The summed E-state index contributed by atoms with van der Waals surface area (Å²) in [4.78, 5) is 10.3. The summed E-state index contributed by atoms with van der Waals surface area (Å²) in [5.74, 6) is 0.302. The van der Waals surface area contributed by atoms with Gasteiger partial charge in [-0.1, -0.05) is 150 Å². The molecule has 0 aliphatic carbocycles. The van der Waals surface area contributed by atoms with Crippen LogP contribution in [-0.2, 0) is 4.79 Å². The van der Waals surface area contributed by atoms with Crippen LogP contribution in [0.3, 0.4) is 0 Å². The highest BCUT2D eigenvalue weighted by Gasteiger charge is 1.97. The summed E-state index contributed by atoms with van der Waals surface area (Å²) in [6, 6.07) is 0. The molecule has 0 saturated carbocycles. The van der Waals surface area contributed by atoms with Crippen LogP contribution in [0, 0.1) is 5.92 Å². The summed E-state index contributed by atoms with van der Waals surface area (Å²) in [7, 11) is 0. The molecule has 0 bridgehead atoms. The van der Waals surface area contributed by atoms with Gasteiger partial charge < -0.3 is 5.11 Å². The molecule has 0 amide bonds. The predicted octanol–water partition coefficient (Wildman–Crippen LogP) is 9.95. The molecule has 1 unspecified atom stereocenters. The van der Waals surface area contributed by atoms with Crippen LogP contribution in [0.25, 0.3) is 0 Å². The second-order valence-electron chi connectivity index (χ2n) is 9.10. The summed E-state index contributed by atoms with van der Waals surface area (Å²) in [5.41, 5.74) is 0. The molecule has 0 aromatic carbocycles. The largest absolute Gasteiger partial charge is 0.481 e. The highest BCUT2D eigenvalue weighted by molar-refractivity contribution is 5.66. The van der Waals surface area contributed by atoms with E-state index in [4.69, 9.17) is 5.11 Å². The third-order valence-corrected chi connectivity index (χ3v) is 5.99. The van der Waals surface area contributed by atoms with Gasteiger partial charge in [-0.05, 0) is 12.3 Å². The Morgan fingerprint density at radius 3 is 1.28 bits per heavy atom. The van der Waals surface area contributed by atoms with Crippen molar-refractivity contribution in [3.8, 4) is 0 Å². The van der Waals surface area contributed by atoms with Crippen molar-refractivity contribution in [3.05, 3.63) is 0 Å². The van der Waals surface area contributed by atoms with Gasteiger partial charge in [-0.2, -0.15) is 0 Å². The minimum absolute atomic E-state index is 0.345. The average Bonchev–Trinajstić information content (AvgIpc) is 2.71. The fraction of sp³-hybridized carbons (Fsp3) is 0.963. The lowest BCUT2D eigenvalue weighted by Crippen LogP contribution is -1.93. The number of rotatable bonds is 21. The van der Waals surface area contributed by atoms with Crippen molar-refractivity contribution < 1.29 is 9.90 Å². The Balaban J connectivity index is 0. The average molecular weight is 413 g/mol. The van der Waals surface area contributed by atoms with Crippen LogP contribution < -0.4 is 0 Å². The van der Waals surface area contributed by atoms with Crippen LogP contribution in [0.15, 0.2) is 0 Å². The smallest absolute Gasteiger partial charge is 0.303 e. The van der Waals surface area contributed by atoms with Crippen molar-refractivity contribution in [1.82, 2.24) is 0 Å². The maximum Gasteiger partial charge on any atom is 0.303 e. The number of carbonyl (C=O) groups is 1. The van der Waals surface area contributed by atoms with Gasteiger partial charge in [0.15, 0.2) is 0 Å². The highest BCUT2D eigenvalue weighted by atomic mass is 16.4. The molecule has 0 rings (SSSR count). The number of hydrogen-bond acceptors (Lipinski definition) is 1. The summed E-state index contributed by atoms with van der Waals surface area (Å²) < 4.78 is 0. The van der Waals surface area contributed by atoms with E-state index in [-0.39, 0.29) is 0 Å². The lowest BCUT2D eigenvalue weighted by molar-refractivity contribution is -0.137. The Morgan fingerprint density at radius 1 is 0.586 bits per heavy atom. The zero-order valence-electron chi connectivity index (χ0n) is 20.8. The van der Waals surface area contributed by atoms with Gasteiger partial charge in [-0.15, -0.1) is 0 Å². The number of aliphatic carboxylic acids is 1. The zero-order chi connectivity index (χ0) is 22.0. The molecular formula is C27H56O2. The van der Waals surface area contributed by atoms with Crippen LogP contribution in [0.2, 0.25) is 0 Å². The molecule has 0 aromatic rings. The summed E-state index contributed by atoms with van der Waals surface area (Å²) in [6.45, 7) is 9.15. The van der Waals surface area contributed by atoms with E-state index in [1.54, 1.807) is 0 Å². The second-order valence-corrected chi connectivity index (χ2v) is 9.10. The molecule has 0 saturated heterocycles. The van der Waals surface area contributed by atoms with Crippen LogP contribution in [0.4, 0.5) is 0 Å². The Labute approximate surface area is 184 Å². The first-order valence-electron chi connectivity index (χ1n) is 13.3. The first-order chi connectivity index (χ1) is 14.1. The van der Waals surface area contributed by atoms with Gasteiger partial charge in [0.1, 0.15) is 0 Å². The van der Waals surface area contributed by atoms with Gasteiger partial charge in [0.25, 0.3) is 0 Å². The highest BCUT2D eigenvalue weighted by Crippen LogP contribution is 2.14. The van der Waals surface area contributed by atoms with Crippen LogP contribution in [-0.4, -0.2) is 11.1 Å². The van der Waals surface area contributed by atoms with Crippen molar-refractivity contribution in [2.75, 3.05) is 0 Å². The van der Waals surface area contributed by atoms with E-state index in [1.165, 1.54) is 116 Å². The van der Waals surface area contributed by atoms with Crippen molar-refractivity contribution in [3.63, 3.8) is 0 Å². The fourth-order valence-electron chi connectivity index (χ4n) is 3.59. The van der Waals surface area contributed by atoms with E-state index in [2.05, 4.69) is 27.7 Å². The van der Waals surface area contributed by atoms with E-state index >= 15 is 0 Å². The molecule has 0 aromatic heterocycles. The summed E-state index contributed by atoms with van der Waals surface area (Å²) in [5, 5.41) is 8.52. The van der Waals surface area contributed by atoms with Gasteiger partial charge >= 0.3 is 5.97 Å². The Hall–Kier alpha value is -0.530. The predicted molar refractivity (Wildman–Crippen MR) is 131 cm³/mol. The SMILES string of the molecule is CCCCCC(C)CC.CCCCCCCCCCCCCCCCCC(=O)O. The van der Waals surface area contributed by atoms with E-state index in [9.17, 15) is 4.79 Å². The molecule has 0 heterocycles. The van der Waals surface area contributed by atoms with Crippen LogP contribution >= 0.6 is 0 Å². The lowest BCUT2D eigenvalue weighted by Gasteiger charge is -2.05. The second kappa shape index (κ2) is 27.5. The maximum absolute atomic E-state index is 10.3. The van der Waals surface area contributed by atoms with Crippen LogP contribution in [0.5, 0.6) is 0 Å². The van der Waals surface area contributed by atoms with E-state index in [0.717, 1.165) is 18.8 Å². The van der Waals surface area contributed by atoms with Gasteiger partial charge in [0.05, 0.1) is 0 Å². The molecule has 2 nitrogen and oxygen atoms in total. The van der Waals surface area contributed by atoms with E-state index in [0.29, 0.717) is 6.42 Å². The molecule has 0 aliphatic rings. The quantitative estimate of drug-likeness (QED) is 0.190. The molecule has 29 heavy (non-hydrogen) atoms. The standard InChI is InChI=1S/C18H36O2.C9H20/c1-2-3-4-5-6-7-8-9-10-11-12-13-14-15-16-17-18(19)20;1-4-6-7-8-9(3)5-2/h2-17H2,1H3,(H,19,20);9H,4-8H2,1-3H3. The molecule has 176 valence electrons. The molecule has 0 radical (unpaired) electrons. The van der Waals surface area contributed by atoms with E-state index in [1.807, 2.05) is 0 Å². The monoisotopic (exact) mass is 412 g/mol. The lowest BCUT2D eigenvalue weighted by atomic mass is 10.0. The first kappa shape index (κ1) is 30.7. The minimum Gasteiger partial charge on any atom is -0.481 e. The number of unbranched alkanes of at least 4 members (excludes halogenated alkanes) is 16. The number of carboxylic acids is 1. The molecule has 1 atom stereocenters. The maximum atomic E-state index is 10.3. The molecule has 2 heteroatoms. The number of hydrogen-bond donors (Lipinski definition) is 1. The Morgan fingerprint density at radius 2 is 0.931 bits per heavy atom. The first-order valence-corrected chi connectivity index (χ1v) is 13.3. The molecule has 0 aliphatic heterocycles. The van der Waals surface area contributed by atoms with E-state index < -0.39 is 5.97 Å². The summed E-state index contributed by atoms with van der Waals surface area (Å²) >= 11 is 0. The van der Waals surface area contributed by atoms with Crippen molar-refractivity contribution in [2.45, 2.75) is 163 Å². The topological polar surface area (TPSA) is 37.3 Å². The van der Waals surface area contributed by atoms with Gasteiger partial charge in [0.2, 0.25) is 0 Å². The van der Waals surface area contributed by atoms with Gasteiger partial charge in [-0.25, -0.2) is 0 Å².